The number of benzene rings is 2. The summed E-state index contributed by atoms with van der Waals surface area (Å²) in [5.74, 6) is 2.14. The SMILES string of the molecule is COCCOc1cc(C)ccc1CN=C(N)NC1CCOc2ccccc21.I. The summed E-state index contributed by atoms with van der Waals surface area (Å²) in [6.07, 6.45) is 0.850. The topological polar surface area (TPSA) is 78.1 Å². The van der Waals surface area contributed by atoms with Gasteiger partial charge in [-0.3, -0.25) is 0 Å². The third-order valence-electron chi connectivity index (χ3n) is 4.47. The summed E-state index contributed by atoms with van der Waals surface area (Å²) in [6.45, 7) is 4.20. The molecule has 0 radical (unpaired) electrons. The molecule has 28 heavy (non-hydrogen) atoms. The molecule has 0 aromatic heterocycles. The first kappa shape index (κ1) is 22.3. The average Bonchev–Trinajstić information content (AvgIpc) is 2.68. The van der Waals surface area contributed by atoms with Crippen LogP contribution in [-0.4, -0.2) is 32.9 Å². The number of halogens is 1. The molecule has 3 rings (SSSR count). The van der Waals surface area contributed by atoms with Crippen molar-refractivity contribution in [2.45, 2.75) is 25.9 Å². The van der Waals surface area contributed by atoms with Crippen molar-refractivity contribution in [3.8, 4) is 11.5 Å². The largest absolute Gasteiger partial charge is 0.493 e. The van der Waals surface area contributed by atoms with Crippen LogP contribution in [0.4, 0.5) is 0 Å². The molecule has 0 spiro atoms. The number of ether oxygens (including phenoxy) is 3. The number of methoxy groups -OCH3 is 1. The lowest BCUT2D eigenvalue weighted by molar-refractivity contribution is 0.146. The Bertz CT molecular complexity index is 798. The second-order valence-electron chi connectivity index (χ2n) is 6.53. The Kier molecular flexibility index (Phi) is 8.85. The molecule has 0 fully saturated rings. The maximum absolute atomic E-state index is 6.15. The third kappa shape index (κ3) is 6.00. The van der Waals surface area contributed by atoms with Crippen LogP contribution >= 0.6 is 24.0 Å². The van der Waals surface area contributed by atoms with E-state index in [4.69, 9.17) is 19.9 Å². The van der Waals surface area contributed by atoms with E-state index in [1.165, 1.54) is 0 Å². The number of aliphatic imine (C=N–C) groups is 1. The Balaban J connectivity index is 0.00000280. The van der Waals surface area contributed by atoms with Crippen LogP contribution in [0.1, 0.15) is 29.2 Å². The molecule has 0 amide bonds. The van der Waals surface area contributed by atoms with E-state index in [0.29, 0.717) is 32.3 Å². The van der Waals surface area contributed by atoms with E-state index in [0.717, 1.165) is 34.6 Å². The number of rotatable bonds is 7. The lowest BCUT2D eigenvalue weighted by atomic mass is 10.0. The summed E-state index contributed by atoms with van der Waals surface area (Å²) in [5.41, 5.74) is 9.39. The number of aryl methyl sites for hydroxylation is 1. The molecule has 0 bridgehead atoms. The summed E-state index contributed by atoms with van der Waals surface area (Å²) < 4.78 is 16.6. The van der Waals surface area contributed by atoms with Crippen molar-refractivity contribution in [2.24, 2.45) is 10.7 Å². The number of para-hydroxylation sites is 1. The molecule has 0 saturated carbocycles. The maximum Gasteiger partial charge on any atom is 0.189 e. The fraction of sp³-hybridized carbons (Fsp3) is 0.381. The Labute approximate surface area is 183 Å². The van der Waals surface area contributed by atoms with Gasteiger partial charge in [0.25, 0.3) is 0 Å². The first-order chi connectivity index (χ1) is 13.2. The van der Waals surface area contributed by atoms with Crippen LogP contribution in [0.25, 0.3) is 0 Å². The van der Waals surface area contributed by atoms with Gasteiger partial charge in [0, 0.05) is 24.7 Å². The minimum absolute atomic E-state index is 0. The quantitative estimate of drug-likeness (QED) is 0.265. The van der Waals surface area contributed by atoms with E-state index < -0.39 is 0 Å². The lowest BCUT2D eigenvalue weighted by Crippen LogP contribution is -2.37. The Morgan fingerprint density at radius 2 is 2.07 bits per heavy atom. The van der Waals surface area contributed by atoms with Gasteiger partial charge in [-0.05, 0) is 24.6 Å². The molecule has 2 aromatic carbocycles. The van der Waals surface area contributed by atoms with Crippen molar-refractivity contribution < 1.29 is 14.2 Å². The highest BCUT2D eigenvalue weighted by Crippen LogP contribution is 2.31. The second kappa shape index (κ2) is 11.1. The predicted molar refractivity (Wildman–Crippen MR) is 122 cm³/mol. The van der Waals surface area contributed by atoms with Crippen LogP contribution in [0.2, 0.25) is 0 Å². The van der Waals surface area contributed by atoms with Gasteiger partial charge in [0.15, 0.2) is 5.96 Å². The zero-order valence-electron chi connectivity index (χ0n) is 16.3. The number of guanidine groups is 1. The second-order valence-corrected chi connectivity index (χ2v) is 6.53. The predicted octanol–water partition coefficient (Wildman–Crippen LogP) is 3.57. The molecule has 6 nitrogen and oxygen atoms in total. The molecule has 0 aliphatic carbocycles. The van der Waals surface area contributed by atoms with E-state index in [1.807, 2.05) is 43.3 Å². The van der Waals surface area contributed by atoms with Crippen LogP contribution in [0.15, 0.2) is 47.5 Å². The number of hydrogen-bond acceptors (Lipinski definition) is 4. The fourth-order valence-electron chi connectivity index (χ4n) is 3.05. The van der Waals surface area contributed by atoms with Gasteiger partial charge in [0.05, 0.1) is 25.8 Å². The normalized spacial score (nSPS) is 15.8. The summed E-state index contributed by atoms with van der Waals surface area (Å²) in [4.78, 5) is 4.51. The number of fused-ring (bicyclic) bond motifs is 1. The molecule has 1 heterocycles. The molecule has 2 aromatic rings. The Hall–Kier alpha value is -2.00. The zero-order valence-corrected chi connectivity index (χ0v) is 18.6. The van der Waals surface area contributed by atoms with E-state index in [2.05, 4.69) is 16.4 Å². The fourth-order valence-corrected chi connectivity index (χ4v) is 3.05. The van der Waals surface area contributed by atoms with Crippen molar-refractivity contribution in [1.82, 2.24) is 5.32 Å². The first-order valence-electron chi connectivity index (χ1n) is 9.17. The number of nitrogens with two attached hydrogens (primary N) is 1. The standard InChI is InChI=1S/C21H27N3O3.HI/c1-15-7-8-16(20(13-15)27-12-11-25-2)14-23-21(22)24-18-9-10-26-19-6-4-3-5-17(18)19;/h3-8,13,18H,9-12,14H2,1-2H3,(H3,22,23,24);1H. The molecule has 152 valence electrons. The van der Waals surface area contributed by atoms with Crippen molar-refractivity contribution >= 4 is 29.9 Å². The van der Waals surface area contributed by atoms with Gasteiger partial charge in [-0.2, -0.15) is 0 Å². The van der Waals surface area contributed by atoms with Gasteiger partial charge in [-0.1, -0.05) is 30.3 Å². The monoisotopic (exact) mass is 497 g/mol. The molecule has 3 N–H and O–H groups in total. The van der Waals surface area contributed by atoms with E-state index in [1.54, 1.807) is 7.11 Å². The summed E-state index contributed by atoms with van der Waals surface area (Å²) >= 11 is 0. The molecule has 0 saturated heterocycles. The third-order valence-corrected chi connectivity index (χ3v) is 4.47. The van der Waals surface area contributed by atoms with Crippen LogP contribution in [0.3, 0.4) is 0 Å². The highest BCUT2D eigenvalue weighted by molar-refractivity contribution is 14.0. The minimum atomic E-state index is 0. The highest BCUT2D eigenvalue weighted by atomic mass is 127. The Morgan fingerprint density at radius 3 is 2.89 bits per heavy atom. The summed E-state index contributed by atoms with van der Waals surface area (Å²) in [6, 6.07) is 14.2. The molecule has 1 unspecified atom stereocenters. The van der Waals surface area contributed by atoms with Crippen LogP contribution < -0.4 is 20.5 Å². The number of nitrogens with one attached hydrogen (secondary N) is 1. The smallest absolute Gasteiger partial charge is 0.189 e. The molecular weight excluding hydrogens is 469 g/mol. The average molecular weight is 497 g/mol. The Morgan fingerprint density at radius 1 is 1.25 bits per heavy atom. The van der Waals surface area contributed by atoms with Crippen molar-refractivity contribution in [2.75, 3.05) is 26.9 Å². The molecule has 1 aliphatic heterocycles. The van der Waals surface area contributed by atoms with Crippen molar-refractivity contribution in [1.29, 1.82) is 0 Å². The van der Waals surface area contributed by atoms with E-state index >= 15 is 0 Å². The molecule has 1 atom stereocenters. The van der Waals surface area contributed by atoms with Crippen molar-refractivity contribution in [3.05, 3.63) is 59.2 Å². The van der Waals surface area contributed by atoms with Gasteiger partial charge in [-0.15, -0.1) is 24.0 Å². The van der Waals surface area contributed by atoms with Crippen LogP contribution in [0.5, 0.6) is 11.5 Å². The van der Waals surface area contributed by atoms with E-state index in [9.17, 15) is 0 Å². The minimum Gasteiger partial charge on any atom is -0.493 e. The maximum atomic E-state index is 6.15. The van der Waals surface area contributed by atoms with Gasteiger partial charge in [0.1, 0.15) is 18.1 Å². The summed E-state index contributed by atoms with van der Waals surface area (Å²) in [5, 5.41) is 3.32. The summed E-state index contributed by atoms with van der Waals surface area (Å²) in [7, 11) is 1.66. The van der Waals surface area contributed by atoms with Gasteiger partial charge < -0.3 is 25.3 Å². The van der Waals surface area contributed by atoms with Crippen LogP contribution in [-0.2, 0) is 11.3 Å². The molecule has 1 aliphatic rings. The number of nitrogens with zero attached hydrogens (tertiary/aromatic N) is 1. The molecule has 7 heteroatoms. The number of hydrogen-bond donors (Lipinski definition) is 2. The first-order valence-corrected chi connectivity index (χ1v) is 9.17. The van der Waals surface area contributed by atoms with Gasteiger partial charge in [0.2, 0.25) is 0 Å². The lowest BCUT2D eigenvalue weighted by Gasteiger charge is -2.27. The van der Waals surface area contributed by atoms with E-state index in [-0.39, 0.29) is 30.0 Å². The van der Waals surface area contributed by atoms with Crippen LogP contribution in [0, 0.1) is 6.92 Å². The molecular formula is C21H28IN3O3. The zero-order chi connectivity index (χ0) is 19.1. The highest BCUT2D eigenvalue weighted by Gasteiger charge is 2.21. The van der Waals surface area contributed by atoms with Gasteiger partial charge >= 0.3 is 0 Å². The van der Waals surface area contributed by atoms with Crippen molar-refractivity contribution in [3.63, 3.8) is 0 Å². The van der Waals surface area contributed by atoms with Gasteiger partial charge in [-0.25, -0.2) is 4.99 Å².